The molecule has 10 nitrogen and oxygen atoms in total. The normalized spacial score (nSPS) is 19.2. The Morgan fingerprint density at radius 3 is 2.22 bits per heavy atom. The first-order valence-electron chi connectivity index (χ1n) is 16.6. The van der Waals surface area contributed by atoms with Gasteiger partial charge in [-0.1, -0.05) is 122 Å². The molecule has 0 saturated carbocycles. The maximum absolute atomic E-state index is 12.8. The van der Waals surface area contributed by atoms with Gasteiger partial charge in [-0.25, -0.2) is 13.1 Å². The van der Waals surface area contributed by atoms with Gasteiger partial charge in [-0.3, -0.25) is 0 Å². The van der Waals surface area contributed by atoms with Crippen molar-refractivity contribution >= 4 is 21.8 Å². The minimum Gasteiger partial charge on any atom is -0.392 e. The van der Waals surface area contributed by atoms with Crippen LogP contribution < -0.4 is 4.72 Å². The lowest BCUT2D eigenvalue weighted by Gasteiger charge is -2.41. The van der Waals surface area contributed by atoms with Crippen LogP contribution in [-0.4, -0.2) is 45.6 Å². The van der Waals surface area contributed by atoms with Gasteiger partial charge in [0, 0.05) is 23.8 Å². The third-order valence-corrected chi connectivity index (χ3v) is 11.3. The Morgan fingerprint density at radius 1 is 0.784 bits per heavy atom. The minimum atomic E-state index is -3.62. The number of thioether (sulfide) groups is 1. The van der Waals surface area contributed by atoms with Crippen LogP contribution in [0.2, 0.25) is 0 Å². The van der Waals surface area contributed by atoms with E-state index >= 15 is 0 Å². The van der Waals surface area contributed by atoms with Crippen molar-refractivity contribution in [3.63, 3.8) is 0 Å². The van der Waals surface area contributed by atoms with Gasteiger partial charge in [0.15, 0.2) is 6.29 Å². The maximum atomic E-state index is 12.8. The molecule has 51 heavy (non-hydrogen) atoms. The predicted octanol–water partition coefficient (Wildman–Crippen LogP) is 6.88. The number of hydrogen-bond donors (Lipinski definition) is 2. The van der Waals surface area contributed by atoms with E-state index in [9.17, 15) is 13.5 Å². The summed E-state index contributed by atoms with van der Waals surface area (Å²) in [6.45, 7) is 2.27. The molecular formula is C39H37N5O5S2. The molecule has 0 aliphatic carbocycles. The number of benzene rings is 5. The highest BCUT2D eigenvalue weighted by molar-refractivity contribution is 7.99. The maximum Gasteiger partial charge on any atom is 0.240 e. The molecule has 1 aliphatic heterocycles. The number of para-hydroxylation sites is 1. The molecule has 7 rings (SSSR count). The van der Waals surface area contributed by atoms with Crippen molar-refractivity contribution in [2.24, 2.45) is 5.92 Å². The molecule has 0 spiro atoms. The largest absolute Gasteiger partial charge is 0.392 e. The number of aliphatic hydroxyl groups is 1. The molecule has 2 heterocycles. The number of aromatic nitrogens is 4. The number of rotatable bonds is 12. The summed E-state index contributed by atoms with van der Waals surface area (Å²) in [5.74, 6) is 0.592. The van der Waals surface area contributed by atoms with Crippen molar-refractivity contribution in [2.75, 3.05) is 5.75 Å². The van der Waals surface area contributed by atoms with E-state index < -0.39 is 16.3 Å². The van der Waals surface area contributed by atoms with Gasteiger partial charge in [0.25, 0.3) is 0 Å². The van der Waals surface area contributed by atoms with E-state index in [1.54, 1.807) is 35.0 Å². The lowest BCUT2D eigenvalue weighted by molar-refractivity contribution is -0.268. The number of sulfonamides is 1. The standard InChI is InChI=1S/C39H37N5O5S2/c1-27-36(26-50-39-41-42-43-44(39)34-11-4-2-5-12-34)48-38(49-37(27)31-17-15-28(25-45)16-18-31)32-21-19-30(20-22-32)33-10-8-9-29(23-33)24-40-51(46,47)35-13-6-3-7-14-35/h2-23,27,36-38,40,45H,24-26H2,1H3/t27-,36+,37+,38+/m0/s1. The molecule has 0 unspecified atom stereocenters. The van der Waals surface area contributed by atoms with Crippen molar-refractivity contribution < 1.29 is 23.0 Å². The Kier molecular flexibility index (Phi) is 10.7. The Labute approximate surface area is 301 Å². The third kappa shape index (κ3) is 8.12. The number of hydrogen-bond acceptors (Lipinski definition) is 9. The average Bonchev–Trinajstić information content (AvgIpc) is 3.66. The second-order valence-corrected chi connectivity index (χ2v) is 15.1. The molecule has 4 atom stereocenters. The summed E-state index contributed by atoms with van der Waals surface area (Å²) >= 11 is 1.53. The summed E-state index contributed by atoms with van der Waals surface area (Å²) in [5.41, 5.74) is 6.38. The van der Waals surface area contributed by atoms with Gasteiger partial charge in [-0.2, -0.15) is 4.68 Å². The van der Waals surface area contributed by atoms with Crippen molar-refractivity contribution in [3.8, 4) is 16.8 Å². The van der Waals surface area contributed by atoms with Gasteiger partial charge in [-0.05, 0) is 68.6 Å². The lowest BCUT2D eigenvalue weighted by Crippen LogP contribution is -2.38. The van der Waals surface area contributed by atoms with Crippen LogP contribution >= 0.6 is 11.8 Å². The van der Waals surface area contributed by atoms with Gasteiger partial charge >= 0.3 is 0 Å². The van der Waals surface area contributed by atoms with Crippen LogP contribution in [0.4, 0.5) is 0 Å². The monoisotopic (exact) mass is 719 g/mol. The van der Waals surface area contributed by atoms with Crippen LogP contribution in [0, 0.1) is 5.92 Å². The first kappa shape index (κ1) is 34.7. The summed E-state index contributed by atoms with van der Waals surface area (Å²) in [6.07, 6.45) is -1.09. The van der Waals surface area contributed by atoms with Crippen molar-refractivity contribution in [3.05, 3.63) is 156 Å². The Balaban J connectivity index is 1.09. The fourth-order valence-corrected chi connectivity index (χ4v) is 8.11. The zero-order chi connectivity index (χ0) is 35.2. The zero-order valence-corrected chi connectivity index (χ0v) is 29.5. The van der Waals surface area contributed by atoms with E-state index in [1.807, 2.05) is 103 Å². The summed E-state index contributed by atoms with van der Waals surface area (Å²) in [5, 5.41) is 22.7. The molecular weight excluding hydrogens is 683 g/mol. The second-order valence-electron chi connectivity index (χ2n) is 12.3. The third-order valence-electron chi connectivity index (χ3n) is 8.90. The number of ether oxygens (including phenoxy) is 2. The fraction of sp³-hybridized carbons (Fsp3) is 0.205. The van der Waals surface area contributed by atoms with E-state index in [0.717, 1.165) is 39.1 Å². The fourth-order valence-electron chi connectivity index (χ4n) is 6.02. The Bertz CT molecular complexity index is 2150. The highest BCUT2D eigenvalue weighted by Crippen LogP contribution is 2.43. The highest BCUT2D eigenvalue weighted by atomic mass is 32.2. The number of aliphatic hydroxyl groups excluding tert-OH is 1. The molecule has 1 saturated heterocycles. The van der Waals surface area contributed by atoms with Crippen LogP contribution in [0.1, 0.15) is 41.6 Å². The molecule has 0 radical (unpaired) electrons. The molecule has 0 bridgehead atoms. The summed E-state index contributed by atoms with van der Waals surface area (Å²) in [4.78, 5) is 0.232. The van der Waals surface area contributed by atoms with Gasteiger partial charge < -0.3 is 14.6 Å². The van der Waals surface area contributed by atoms with Crippen molar-refractivity contribution in [1.29, 1.82) is 0 Å². The van der Waals surface area contributed by atoms with E-state index in [2.05, 4.69) is 27.2 Å². The molecule has 1 fully saturated rings. The molecule has 260 valence electrons. The lowest BCUT2D eigenvalue weighted by atomic mass is 9.91. The number of nitrogens with one attached hydrogen (secondary N) is 1. The molecule has 6 aromatic rings. The van der Waals surface area contributed by atoms with E-state index in [-0.39, 0.29) is 36.2 Å². The molecule has 12 heteroatoms. The molecule has 1 aromatic heterocycles. The Hall–Kier alpha value is -4.69. The van der Waals surface area contributed by atoms with Gasteiger partial charge in [0.1, 0.15) is 0 Å². The molecule has 2 N–H and O–H groups in total. The number of tetrazole rings is 1. The van der Waals surface area contributed by atoms with Crippen molar-refractivity contribution in [1.82, 2.24) is 24.9 Å². The van der Waals surface area contributed by atoms with Crippen LogP contribution in [0.5, 0.6) is 0 Å². The molecule has 0 amide bonds. The minimum absolute atomic E-state index is 0.00360. The smallest absolute Gasteiger partial charge is 0.240 e. The molecule has 1 aliphatic rings. The van der Waals surface area contributed by atoms with Crippen LogP contribution in [0.15, 0.2) is 144 Å². The molecule has 5 aromatic carbocycles. The topological polar surface area (TPSA) is 128 Å². The van der Waals surface area contributed by atoms with Gasteiger partial charge in [0.2, 0.25) is 15.2 Å². The summed E-state index contributed by atoms with van der Waals surface area (Å²) in [7, 11) is -3.62. The average molecular weight is 720 g/mol. The first-order chi connectivity index (χ1) is 24.9. The summed E-state index contributed by atoms with van der Waals surface area (Å²) < 4.78 is 43.3. The predicted molar refractivity (Wildman–Crippen MR) is 195 cm³/mol. The zero-order valence-electron chi connectivity index (χ0n) is 27.8. The van der Waals surface area contributed by atoms with E-state index in [4.69, 9.17) is 9.47 Å². The van der Waals surface area contributed by atoms with Crippen LogP contribution in [-0.2, 0) is 32.6 Å². The SMILES string of the molecule is C[C@H]1[C@@H](CSc2nnnn2-c2ccccc2)O[C@@H](c2ccc(-c3cccc(CNS(=O)(=O)c4ccccc4)c3)cc2)O[C@H]1c1ccc(CO)cc1. The van der Waals surface area contributed by atoms with Gasteiger partial charge in [0.05, 0.1) is 29.4 Å². The number of nitrogens with zero attached hydrogens (tertiary/aromatic N) is 4. The van der Waals surface area contributed by atoms with E-state index in [0.29, 0.717) is 10.9 Å². The van der Waals surface area contributed by atoms with Crippen LogP contribution in [0.25, 0.3) is 16.8 Å². The summed E-state index contributed by atoms with van der Waals surface area (Å²) in [6, 6.07) is 41.9. The van der Waals surface area contributed by atoms with Crippen LogP contribution in [0.3, 0.4) is 0 Å². The van der Waals surface area contributed by atoms with E-state index in [1.165, 1.54) is 11.8 Å². The first-order valence-corrected chi connectivity index (χ1v) is 19.1. The van der Waals surface area contributed by atoms with Crippen molar-refractivity contribution in [2.45, 2.75) is 48.6 Å². The quantitative estimate of drug-likeness (QED) is 0.130. The second kappa shape index (κ2) is 15.7. The Morgan fingerprint density at radius 2 is 1.49 bits per heavy atom. The highest BCUT2D eigenvalue weighted by Gasteiger charge is 2.38. The van der Waals surface area contributed by atoms with Gasteiger partial charge in [-0.15, -0.1) is 5.10 Å².